The molecular weight excluding hydrogens is 382 g/mol. The molecule has 0 unspecified atom stereocenters. The van der Waals surface area contributed by atoms with E-state index in [1.54, 1.807) is 27.7 Å². The number of amides is 2. The van der Waals surface area contributed by atoms with Crippen LogP contribution in [0.1, 0.15) is 71.8 Å². The van der Waals surface area contributed by atoms with Gasteiger partial charge < -0.3 is 20.4 Å². The van der Waals surface area contributed by atoms with Gasteiger partial charge in [0.25, 0.3) is 5.91 Å². The van der Waals surface area contributed by atoms with Crippen LogP contribution in [0.3, 0.4) is 0 Å². The summed E-state index contributed by atoms with van der Waals surface area (Å²) in [5.74, 6) is -0.513. The number of nitrogens with one attached hydrogen (secondary N) is 3. The van der Waals surface area contributed by atoms with Crippen LogP contribution >= 0.6 is 0 Å². The van der Waals surface area contributed by atoms with E-state index in [4.69, 9.17) is 4.74 Å². The summed E-state index contributed by atoms with van der Waals surface area (Å²) in [6.45, 7) is 11.3. The van der Waals surface area contributed by atoms with Crippen molar-refractivity contribution in [1.82, 2.24) is 10.3 Å². The van der Waals surface area contributed by atoms with E-state index < -0.39 is 5.97 Å². The molecule has 2 aromatic rings. The van der Waals surface area contributed by atoms with Crippen LogP contribution in [0.15, 0.2) is 24.3 Å². The summed E-state index contributed by atoms with van der Waals surface area (Å²) < 4.78 is 5.26. The lowest BCUT2D eigenvalue weighted by atomic mass is 10.1. The first kappa shape index (κ1) is 23.2. The molecule has 0 bridgehead atoms. The van der Waals surface area contributed by atoms with E-state index >= 15 is 0 Å². The average molecular weight is 414 g/mol. The number of aromatic nitrogens is 1. The van der Waals surface area contributed by atoms with Crippen molar-refractivity contribution >= 4 is 23.5 Å². The Morgan fingerprint density at radius 1 is 1.10 bits per heavy atom. The lowest BCUT2D eigenvalue weighted by molar-refractivity contribution is -0.116. The Balaban J connectivity index is 2.05. The lowest BCUT2D eigenvalue weighted by Crippen LogP contribution is -2.24. The number of carbonyl (C=O) groups excluding carboxylic acids is 3. The Kier molecular flexibility index (Phi) is 7.80. The third-order valence-electron chi connectivity index (χ3n) is 4.47. The summed E-state index contributed by atoms with van der Waals surface area (Å²) in [7, 11) is 0. The second-order valence-corrected chi connectivity index (χ2v) is 8.11. The number of benzene rings is 1. The number of aryl methyl sites for hydroxylation is 1. The minimum absolute atomic E-state index is 0.0375. The van der Waals surface area contributed by atoms with Crippen molar-refractivity contribution in [3.63, 3.8) is 0 Å². The van der Waals surface area contributed by atoms with Crippen LogP contribution in [-0.2, 0) is 16.1 Å². The number of hydrogen-bond acceptors (Lipinski definition) is 4. The summed E-state index contributed by atoms with van der Waals surface area (Å²) in [6.07, 6.45) is 0.213. The highest BCUT2D eigenvalue weighted by Crippen LogP contribution is 2.20. The van der Waals surface area contributed by atoms with Gasteiger partial charge in [-0.2, -0.15) is 0 Å². The molecule has 30 heavy (non-hydrogen) atoms. The van der Waals surface area contributed by atoms with Crippen molar-refractivity contribution in [1.29, 1.82) is 0 Å². The van der Waals surface area contributed by atoms with Crippen molar-refractivity contribution in [2.24, 2.45) is 5.92 Å². The summed E-state index contributed by atoms with van der Waals surface area (Å²) in [5.41, 5.74) is 3.43. The van der Waals surface area contributed by atoms with E-state index in [1.807, 2.05) is 38.1 Å². The Hall–Kier alpha value is -3.09. The standard InChI is InChI=1S/C23H31N3O4/c1-13(2)10-19(27)26-18-9-7-8-17(11-18)12-24-22(28)21-15(5)20(16(6)25-21)23(29)30-14(3)4/h7-9,11,13-14,25H,10,12H2,1-6H3,(H,24,28)(H,26,27). The first-order valence-electron chi connectivity index (χ1n) is 10.2. The van der Waals surface area contributed by atoms with E-state index in [-0.39, 0.29) is 30.4 Å². The third kappa shape index (κ3) is 6.20. The molecule has 0 fully saturated rings. The minimum Gasteiger partial charge on any atom is -0.459 e. The molecule has 0 saturated heterocycles. The summed E-state index contributed by atoms with van der Waals surface area (Å²) >= 11 is 0. The van der Waals surface area contributed by atoms with Crippen molar-refractivity contribution < 1.29 is 19.1 Å². The monoisotopic (exact) mass is 413 g/mol. The molecule has 0 atom stereocenters. The molecule has 0 aliphatic carbocycles. The molecule has 162 valence electrons. The van der Waals surface area contributed by atoms with Crippen LogP contribution in [0.25, 0.3) is 0 Å². The quantitative estimate of drug-likeness (QED) is 0.567. The SMILES string of the molecule is Cc1[nH]c(C(=O)NCc2cccc(NC(=O)CC(C)C)c2)c(C)c1C(=O)OC(C)C. The number of anilines is 1. The van der Waals surface area contributed by atoms with Crippen molar-refractivity contribution in [3.05, 3.63) is 52.3 Å². The first-order chi connectivity index (χ1) is 14.1. The molecule has 0 radical (unpaired) electrons. The van der Waals surface area contributed by atoms with Crippen molar-refractivity contribution in [3.8, 4) is 0 Å². The topological polar surface area (TPSA) is 100 Å². The molecule has 1 heterocycles. The number of rotatable bonds is 8. The molecule has 0 saturated carbocycles. The number of carbonyl (C=O) groups is 3. The van der Waals surface area contributed by atoms with Gasteiger partial charge in [-0.25, -0.2) is 4.79 Å². The molecule has 7 heteroatoms. The van der Waals surface area contributed by atoms with Gasteiger partial charge in [0, 0.05) is 24.3 Å². The summed E-state index contributed by atoms with van der Waals surface area (Å²) in [5, 5.41) is 5.73. The fourth-order valence-electron chi connectivity index (χ4n) is 3.17. The predicted molar refractivity (Wildman–Crippen MR) is 117 cm³/mol. The number of hydrogen-bond donors (Lipinski definition) is 3. The molecule has 1 aromatic heterocycles. The number of aromatic amines is 1. The van der Waals surface area contributed by atoms with E-state index in [0.717, 1.165) is 5.56 Å². The van der Waals surface area contributed by atoms with Gasteiger partial charge in [-0.15, -0.1) is 0 Å². The Morgan fingerprint density at radius 2 is 1.80 bits per heavy atom. The summed E-state index contributed by atoms with van der Waals surface area (Å²) in [6, 6.07) is 7.35. The van der Waals surface area contributed by atoms with Crippen LogP contribution in [0, 0.1) is 19.8 Å². The van der Waals surface area contributed by atoms with E-state index in [0.29, 0.717) is 34.6 Å². The van der Waals surface area contributed by atoms with E-state index in [1.165, 1.54) is 0 Å². The van der Waals surface area contributed by atoms with Gasteiger partial charge in [0.05, 0.1) is 11.7 Å². The van der Waals surface area contributed by atoms with Gasteiger partial charge in [-0.1, -0.05) is 26.0 Å². The lowest BCUT2D eigenvalue weighted by Gasteiger charge is -2.10. The zero-order valence-corrected chi connectivity index (χ0v) is 18.5. The molecule has 0 aliphatic rings. The van der Waals surface area contributed by atoms with Crippen LogP contribution in [0.4, 0.5) is 5.69 Å². The van der Waals surface area contributed by atoms with Gasteiger partial charge in [0.2, 0.25) is 5.91 Å². The fraction of sp³-hybridized carbons (Fsp3) is 0.435. The van der Waals surface area contributed by atoms with Gasteiger partial charge in [0.1, 0.15) is 5.69 Å². The second kappa shape index (κ2) is 10.1. The highest BCUT2D eigenvalue weighted by Gasteiger charge is 2.23. The first-order valence-corrected chi connectivity index (χ1v) is 10.2. The molecular formula is C23H31N3O4. The minimum atomic E-state index is -0.444. The highest BCUT2D eigenvalue weighted by molar-refractivity contribution is 6.00. The van der Waals surface area contributed by atoms with Gasteiger partial charge in [0.15, 0.2) is 0 Å². The number of esters is 1. The predicted octanol–water partition coefficient (Wildman–Crippen LogP) is 4.11. The average Bonchev–Trinajstić information content (AvgIpc) is 2.93. The molecule has 0 spiro atoms. The maximum Gasteiger partial charge on any atom is 0.340 e. The van der Waals surface area contributed by atoms with Crippen LogP contribution in [-0.4, -0.2) is 28.9 Å². The number of ether oxygens (including phenoxy) is 1. The Morgan fingerprint density at radius 3 is 2.43 bits per heavy atom. The van der Waals surface area contributed by atoms with Gasteiger partial charge in [-0.05, 0) is 56.9 Å². The van der Waals surface area contributed by atoms with Gasteiger partial charge in [-0.3, -0.25) is 9.59 Å². The van der Waals surface area contributed by atoms with Crippen LogP contribution < -0.4 is 10.6 Å². The van der Waals surface area contributed by atoms with Crippen LogP contribution in [0.5, 0.6) is 0 Å². The Bertz CT molecular complexity index is 929. The fourth-order valence-corrected chi connectivity index (χ4v) is 3.17. The normalized spacial score (nSPS) is 10.9. The molecule has 2 rings (SSSR count). The van der Waals surface area contributed by atoms with Gasteiger partial charge >= 0.3 is 5.97 Å². The summed E-state index contributed by atoms with van der Waals surface area (Å²) in [4.78, 5) is 39.9. The second-order valence-electron chi connectivity index (χ2n) is 8.11. The molecule has 3 N–H and O–H groups in total. The molecule has 7 nitrogen and oxygen atoms in total. The van der Waals surface area contributed by atoms with Crippen molar-refractivity contribution in [2.75, 3.05) is 5.32 Å². The Labute approximate surface area is 177 Å². The largest absolute Gasteiger partial charge is 0.459 e. The van der Waals surface area contributed by atoms with E-state index in [2.05, 4.69) is 15.6 Å². The zero-order chi connectivity index (χ0) is 22.4. The zero-order valence-electron chi connectivity index (χ0n) is 18.5. The van der Waals surface area contributed by atoms with Crippen LogP contribution in [0.2, 0.25) is 0 Å². The maximum atomic E-state index is 12.7. The smallest absolute Gasteiger partial charge is 0.340 e. The highest BCUT2D eigenvalue weighted by atomic mass is 16.5. The van der Waals surface area contributed by atoms with E-state index in [9.17, 15) is 14.4 Å². The third-order valence-corrected chi connectivity index (χ3v) is 4.47. The molecule has 0 aliphatic heterocycles. The number of H-pyrrole nitrogens is 1. The van der Waals surface area contributed by atoms with Crippen molar-refractivity contribution in [2.45, 2.75) is 60.6 Å². The molecule has 2 amide bonds. The molecule has 1 aromatic carbocycles. The maximum absolute atomic E-state index is 12.7.